The third-order valence-electron chi connectivity index (χ3n) is 3.75. The van der Waals surface area contributed by atoms with Crippen molar-refractivity contribution in [3.8, 4) is 11.5 Å². The van der Waals surface area contributed by atoms with Crippen LogP contribution in [0.3, 0.4) is 0 Å². The zero-order chi connectivity index (χ0) is 14.0. The van der Waals surface area contributed by atoms with Gasteiger partial charge in [-0.1, -0.05) is 13.3 Å². The van der Waals surface area contributed by atoms with Crippen LogP contribution in [0.2, 0.25) is 0 Å². The fourth-order valence-corrected chi connectivity index (χ4v) is 2.57. The van der Waals surface area contributed by atoms with Gasteiger partial charge in [-0.2, -0.15) is 0 Å². The molecule has 2 rings (SSSR count). The maximum Gasteiger partial charge on any atom is 0.254 e. The van der Waals surface area contributed by atoms with Crippen molar-refractivity contribution in [1.29, 1.82) is 0 Å². The molecule has 4 N–H and O–H groups in total. The van der Waals surface area contributed by atoms with Gasteiger partial charge in [0, 0.05) is 30.8 Å². The molecular weight excluding hydrogens is 244 g/mol. The number of nitrogens with two attached hydrogens (primary N) is 1. The van der Waals surface area contributed by atoms with Gasteiger partial charge in [0.1, 0.15) is 11.5 Å². The van der Waals surface area contributed by atoms with Crippen LogP contribution in [0.15, 0.2) is 18.2 Å². The average molecular weight is 264 g/mol. The first-order chi connectivity index (χ1) is 9.01. The average Bonchev–Trinajstić information content (AvgIpc) is 2.37. The highest BCUT2D eigenvalue weighted by molar-refractivity contribution is 5.95. The summed E-state index contributed by atoms with van der Waals surface area (Å²) in [7, 11) is 0. The number of hydrogen-bond acceptors (Lipinski definition) is 4. The predicted octanol–water partition coefficient (Wildman–Crippen LogP) is 1.30. The van der Waals surface area contributed by atoms with Crippen molar-refractivity contribution in [3.63, 3.8) is 0 Å². The Kier molecular flexibility index (Phi) is 3.95. The van der Waals surface area contributed by atoms with Gasteiger partial charge in [-0.3, -0.25) is 4.79 Å². The normalized spacial score (nSPS) is 23.4. The Morgan fingerprint density at radius 1 is 1.37 bits per heavy atom. The van der Waals surface area contributed by atoms with Crippen molar-refractivity contribution in [3.05, 3.63) is 23.8 Å². The monoisotopic (exact) mass is 264 g/mol. The molecule has 0 aromatic heterocycles. The summed E-state index contributed by atoms with van der Waals surface area (Å²) in [5, 5.41) is 18.9. The van der Waals surface area contributed by atoms with Crippen molar-refractivity contribution < 1.29 is 15.0 Å². The third kappa shape index (κ3) is 2.98. The molecular formula is C14H20N2O3. The SMILES string of the molecule is CCC1CN(C(=O)c2cc(O)cc(O)c2)CCC1N. The number of likely N-dealkylation sites (tertiary alicyclic amines) is 1. The molecule has 1 amide bonds. The molecule has 2 unspecified atom stereocenters. The molecule has 1 aromatic carbocycles. The van der Waals surface area contributed by atoms with Crippen molar-refractivity contribution in [2.75, 3.05) is 13.1 Å². The number of aromatic hydroxyl groups is 2. The van der Waals surface area contributed by atoms with Crippen LogP contribution < -0.4 is 5.73 Å². The van der Waals surface area contributed by atoms with Crippen LogP contribution in [0.25, 0.3) is 0 Å². The molecule has 1 saturated heterocycles. The predicted molar refractivity (Wildman–Crippen MR) is 72.0 cm³/mol. The van der Waals surface area contributed by atoms with Gasteiger partial charge >= 0.3 is 0 Å². The van der Waals surface area contributed by atoms with Gasteiger partial charge in [-0.15, -0.1) is 0 Å². The summed E-state index contributed by atoms with van der Waals surface area (Å²) in [6.45, 7) is 3.32. The molecule has 104 valence electrons. The molecule has 0 radical (unpaired) electrons. The molecule has 5 nitrogen and oxygen atoms in total. The van der Waals surface area contributed by atoms with Crippen LogP contribution in [-0.4, -0.2) is 40.2 Å². The van der Waals surface area contributed by atoms with Crippen LogP contribution >= 0.6 is 0 Å². The Morgan fingerprint density at radius 2 is 2.00 bits per heavy atom. The number of benzene rings is 1. The molecule has 0 spiro atoms. The minimum Gasteiger partial charge on any atom is -0.508 e. The molecule has 0 aliphatic carbocycles. The third-order valence-corrected chi connectivity index (χ3v) is 3.75. The summed E-state index contributed by atoms with van der Waals surface area (Å²) in [5.74, 6) is -0.0756. The number of phenols is 2. The number of carbonyl (C=O) groups is 1. The summed E-state index contributed by atoms with van der Waals surface area (Å²) in [6, 6.07) is 4.10. The summed E-state index contributed by atoms with van der Waals surface area (Å²) in [4.78, 5) is 14.1. The van der Waals surface area contributed by atoms with E-state index in [1.165, 1.54) is 18.2 Å². The molecule has 5 heteroatoms. The first-order valence-corrected chi connectivity index (χ1v) is 6.59. The minimum absolute atomic E-state index is 0.107. The van der Waals surface area contributed by atoms with Crippen LogP contribution in [0.4, 0.5) is 0 Å². The summed E-state index contributed by atoms with van der Waals surface area (Å²) < 4.78 is 0. The Balaban J connectivity index is 2.15. The van der Waals surface area contributed by atoms with Gasteiger partial charge in [0.15, 0.2) is 0 Å². The lowest BCUT2D eigenvalue weighted by atomic mass is 9.90. The van der Waals surface area contributed by atoms with Crippen LogP contribution in [0.1, 0.15) is 30.1 Å². The Morgan fingerprint density at radius 3 is 2.58 bits per heavy atom. The van der Waals surface area contributed by atoms with Gasteiger partial charge in [0.25, 0.3) is 5.91 Å². The van der Waals surface area contributed by atoms with Crippen molar-refractivity contribution in [1.82, 2.24) is 4.90 Å². The van der Waals surface area contributed by atoms with Crippen molar-refractivity contribution in [2.24, 2.45) is 11.7 Å². The van der Waals surface area contributed by atoms with E-state index in [1.807, 2.05) is 0 Å². The fourth-order valence-electron chi connectivity index (χ4n) is 2.57. The molecule has 0 saturated carbocycles. The Hall–Kier alpha value is -1.75. The van der Waals surface area contributed by atoms with E-state index in [0.29, 0.717) is 24.6 Å². The summed E-state index contributed by atoms with van der Waals surface area (Å²) >= 11 is 0. The minimum atomic E-state index is -0.170. The lowest BCUT2D eigenvalue weighted by molar-refractivity contribution is 0.0648. The number of rotatable bonds is 2. The van der Waals surface area contributed by atoms with E-state index in [-0.39, 0.29) is 23.4 Å². The molecule has 1 heterocycles. The number of carbonyl (C=O) groups excluding carboxylic acids is 1. The molecule has 1 fully saturated rings. The molecule has 1 aliphatic rings. The molecule has 1 aliphatic heterocycles. The standard InChI is InChI=1S/C14H20N2O3/c1-2-9-8-16(4-3-13(9)15)14(19)10-5-11(17)7-12(18)6-10/h5-7,9,13,17-18H,2-4,8,15H2,1H3. The van der Waals surface area contributed by atoms with E-state index in [2.05, 4.69) is 6.92 Å². The summed E-state index contributed by atoms with van der Waals surface area (Å²) in [5.41, 5.74) is 6.33. The lowest BCUT2D eigenvalue weighted by Gasteiger charge is -2.36. The Labute approximate surface area is 112 Å². The smallest absolute Gasteiger partial charge is 0.254 e. The number of hydrogen-bond donors (Lipinski definition) is 3. The zero-order valence-corrected chi connectivity index (χ0v) is 11.0. The molecule has 0 bridgehead atoms. The topological polar surface area (TPSA) is 86.8 Å². The number of phenolic OH excluding ortho intramolecular Hbond substituents is 2. The van der Waals surface area contributed by atoms with Crippen molar-refractivity contribution >= 4 is 5.91 Å². The quantitative estimate of drug-likeness (QED) is 0.751. The largest absolute Gasteiger partial charge is 0.508 e. The number of nitrogens with zero attached hydrogens (tertiary/aromatic N) is 1. The highest BCUT2D eigenvalue weighted by Crippen LogP contribution is 2.24. The highest BCUT2D eigenvalue weighted by atomic mass is 16.3. The van der Waals surface area contributed by atoms with E-state index in [1.54, 1.807) is 4.90 Å². The highest BCUT2D eigenvalue weighted by Gasteiger charge is 2.28. The number of piperidine rings is 1. The lowest BCUT2D eigenvalue weighted by Crippen LogP contribution is -2.49. The maximum atomic E-state index is 12.3. The second-order valence-corrected chi connectivity index (χ2v) is 5.11. The fraction of sp³-hybridized carbons (Fsp3) is 0.500. The number of amides is 1. The summed E-state index contributed by atoms with van der Waals surface area (Å²) in [6.07, 6.45) is 1.73. The van der Waals surface area contributed by atoms with E-state index < -0.39 is 0 Å². The first-order valence-electron chi connectivity index (χ1n) is 6.59. The zero-order valence-electron chi connectivity index (χ0n) is 11.0. The Bertz CT molecular complexity index is 456. The second kappa shape index (κ2) is 5.48. The van der Waals surface area contributed by atoms with Crippen molar-refractivity contribution in [2.45, 2.75) is 25.8 Å². The van der Waals surface area contributed by atoms with Crippen LogP contribution in [0.5, 0.6) is 11.5 Å². The molecule has 2 atom stereocenters. The van der Waals surface area contributed by atoms with Gasteiger partial charge < -0.3 is 20.8 Å². The van der Waals surface area contributed by atoms with E-state index in [0.717, 1.165) is 12.8 Å². The van der Waals surface area contributed by atoms with Gasteiger partial charge in [0.05, 0.1) is 0 Å². The van der Waals surface area contributed by atoms with Gasteiger partial charge in [0.2, 0.25) is 0 Å². The van der Waals surface area contributed by atoms with Crippen LogP contribution in [0, 0.1) is 5.92 Å². The second-order valence-electron chi connectivity index (χ2n) is 5.11. The van der Waals surface area contributed by atoms with Crippen LogP contribution in [-0.2, 0) is 0 Å². The molecule has 1 aromatic rings. The van der Waals surface area contributed by atoms with E-state index in [4.69, 9.17) is 5.73 Å². The van der Waals surface area contributed by atoms with Gasteiger partial charge in [-0.05, 0) is 24.5 Å². The van der Waals surface area contributed by atoms with E-state index in [9.17, 15) is 15.0 Å². The molecule has 19 heavy (non-hydrogen) atoms. The van der Waals surface area contributed by atoms with Gasteiger partial charge in [-0.25, -0.2) is 0 Å². The van der Waals surface area contributed by atoms with E-state index >= 15 is 0 Å². The first kappa shape index (κ1) is 13.7. The maximum absolute atomic E-state index is 12.3.